The first kappa shape index (κ1) is 14.7. The number of hydrogen-bond acceptors (Lipinski definition) is 4. The maximum atomic E-state index is 12.2. The number of amides is 1. The van der Waals surface area contributed by atoms with Gasteiger partial charge in [-0.05, 0) is 13.8 Å². The van der Waals surface area contributed by atoms with Gasteiger partial charge in [0.15, 0.2) is 5.54 Å². The summed E-state index contributed by atoms with van der Waals surface area (Å²) in [5.74, 6) is -3.29. The molecule has 5 nitrogen and oxygen atoms in total. The van der Waals surface area contributed by atoms with Crippen LogP contribution in [0.5, 0.6) is 0 Å². The summed E-state index contributed by atoms with van der Waals surface area (Å²) in [6.07, 6.45) is -5.12. The molecule has 0 aromatic rings. The number of ether oxygens (including phenoxy) is 1. The number of rotatable bonds is 3. The maximum absolute atomic E-state index is 12.2. The van der Waals surface area contributed by atoms with Crippen molar-refractivity contribution in [1.29, 1.82) is 0 Å². The molecular formula is C8H12F3NO4. The summed E-state index contributed by atoms with van der Waals surface area (Å²) in [7, 11) is 1.85. The molecule has 0 bridgehead atoms. The molecule has 0 N–H and O–H groups in total. The Bertz CT molecular complexity index is 287. The van der Waals surface area contributed by atoms with E-state index in [9.17, 15) is 22.8 Å². The van der Waals surface area contributed by atoms with Crippen molar-refractivity contribution in [3.05, 3.63) is 0 Å². The lowest BCUT2D eigenvalue weighted by atomic mass is 10.1. The van der Waals surface area contributed by atoms with E-state index in [1.54, 1.807) is 0 Å². The van der Waals surface area contributed by atoms with Crippen LogP contribution in [0.2, 0.25) is 0 Å². The lowest BCUT2D eigenvalue weighted by molar-refractivity contribution is -0.245. The fourth-order valence-electron chi connectivity index (χ4n) is 1.01. The van der Waals surface area contributed by atoms with Crippen LogP contribution in [0.25, 0.3) is 0 Å². The Kier molecular flexibility index (Phi) is 4.30. The molecule has 0 saturated carbocycles. The SMILES string of the molecule is COC(=O)C(C)(C)N(OC)C(=O)C(F)(F)F. The van der Waals surface area contributed by atoms with E-state index in [0.717, 1.165) is 28.1 Å². The van der Waals surface area contributed by atoms with Crippen molar-refractivity contribution < 1.29 is 32.3 Å². The van der Waals surface area contributed by atoms with Gasteiger partial charge >= 0.3 is 18.1 Å². The van der Waals surface area contributed by atoms with Gasteiger partial charge in [0.25, 0.3) is 0 Å². The highest BCUT2D eigenvalue weighted by atomic mass is 19.4. The van der Waals surface area contributed by atoms with Gasteiger partial charge in [-0.3, -0.25) is 9.63 Å². The molecule has 0 radical (unpaired) electrons. The molecule has 0 aromatic carbocycles. The van der Waals surface area contributed by atoms with Gasteiger partial charge in [0, 0.05) is 0 Å². The highest BCUT2D eigenvalue weighted by molar-refractivity contribution is 5.89. The van der Waals surface area contributed by atoms with E-state index >= 15 is 0 Å². The van der Waals surface area contributed by atoms with E-state index < -0.39 is 23.6 Å². The van der Waals surface area contributed by atoms with E-state index in [2.05, 4.69) is 9.57 Å². The molecule has 16 heavy (non-hydrogen) atoms. The zero-order valence-electron chi connectivity index (χ0n) is 9.21. The first-order valence-electron chi connectivity index (χ1n) is 4.13. The third-order valence-corrected chi connectivity index (χ3v) is 1.80. The van der Waals surface area contributed by atoms with E-state index in [4.69, 9.17) is 0 Å². The summed E-state index contributed by atoms with van der Waals surface area (Å²) in [4.78, 5) is 26.4. The number of halogens is 3. The molecule has 0 aliphatic heterocycles. The monoisotopic (exact) mass is 243 g/mol. The van der Waals surface area contributed by atoms with Crippen LogP contribution in [0.1, 0.15) is 13.8 Å². The standard InChI is InChI=1S/C8H12F3NO4/c1-7(2,6(14)15-3)12(16-4)5(13)8(9,10)11/h1-4H3. The third-order valence-electron chi connectivity index (χ3n) is 1.80. The van der Waals surface area contributed by atoms with Crippen molar-refractivity contribution in [2.45, 2.75) is 25.6 Å². The van der Waals surface area contributed by atoms with E-state index in [0.29, 0.717) is 0 Å². The Hall–Kier alpha value is -1.31. The van der Waals surface area contributed by atoms with Crippen LogP contribution in [0.3, 0.4) is 0 Å². The van der Waals surface area contributed by atoms with Crippen LogP contribution in [-0.2, 0) is 19.2 Å². The van der Waals surface area contributed by atoms with Gasteiger partial charge in [0.1, 0.15) is 0 Å². The van der Waals surface area contributed by atoms with Gasteiger partial charge in [-0.15, -0.1) is 0 Å². The normalized spacial score (nSPS) is 12.2. The van der Waals surface area contributed by atoms with Crippen LogP contribution in [0.4, 0.5) is 13.2 Å². The van der Waals surface area contributed by atoms with Crippen LogP contribution in [0.15, 0.2) is 0 Å². The number of nitrogens with zero attached hydrogens (tertiary/aromatic N) is 1. The van der Waals surface area contributed by atoms with Crippen molar-refractivity contribution in [3.8, 4) is 0 Å². The molecule has 0 heterocycles. The number of carbonyl (C=O) groups is 2. The Morgan fingerprint density at radius 2 is 1.56 bits per heavy atom. The largest absolute Gasteiger partial charge is 0.473 e. The molecule has 0 fully saturated rings. The van der Waals surface area contributed by atoms with Crippen LogP contribution < -0.4 is 0 Å². The number of methoxy groups -OCH3 is 1. The molecule has 0 aliphatic rings. The Balaban J connectivity index is 5.15. The van der Waals surface area contributed by atoms with Gasteiger partial charge in [-0.25, -0.2) is 4.79 Å². The van der Waals surface area contributed by atoms with E-state index in [-0.39, 0.29) is 5.06 Å². The Morgan fingerprint density at radius 3 is 1.81 bits per heavy atom. The minimum absolute atomic E-state index is 0.0706. The highest BCUT2D eigenvalue weighted by Crippen LogP contribution is 2.25. The molecule has 0 spiro atoms. The molecular weight excluding hydrogens is 231 g/mol. The second kappa shape index (κ2) is 4.69. The summed E-state index contributed by atoms with van der Waals surface area (Å²) in [6.45, 7) is 2.15. The third kappa shape index (κ3) is 2.84. The number of alkyl halides is 3. The molecule has 0 rings (SSSR count). The van der Waals surface area contributed by atoms with Gasteiger partial charge in [-0.2, -0.15) is 18.2 Å². The summed E-state index contributed by atoms with van der Waals surface area (Å²) in [6, 6.07) is 0. The van der Waals surface area contributed by atoms with Gasteiger partial charge in [0.2, 0.25) is 0 Å². The molecule has 1 amide bonds. The first-order chi connectivity index (χ1) is 7.08. The van der Waals surface area contributed by atoms with Gasteiger partial charge < -0.3 is 4.74 Å². The summed E-state index contributed by atoms with van der Waals surface area (Å²) >= 11 is 0. The number of esters is 1. The molecule has 0 unspecified atom stereocenters. The number of carbonyl (C=O) groups excluding carboxylic acids is 2. The van der Waals surface area contributed by atoms with Crippen molar-refractivity contribution in [1.82, 2.24) is 5.06 Å². The quantitative estimate of drug-likeness (QED) is 0.545. The second-order valence-electron chi connectivity index (χ2n) is 3.33. The zero-order chi connectivity index (χ0) is 13.1. The molecule has 0 aliphatic carbocycles. The first-order valence-corrected chi connectivity index (χ1v) is 4.13. The fraction of sp³-hybridized carbons (Fsp3) is 0.750. The summed E-state index contributed by atoms with van der Waals surface area (Å²) < 4.78 is 40.8. The number of hydroxylamine groups is 2. The van der Waals surface area contributed by atoms with Crippen molar-refractivity contribution >= 4 is 11.9 Å². The minimum atomic E-state index is -5.12. The smallest absolute Gasteiger partial charge is 0.467 e. The van der Waals surface area contributed by atoms with Gasteiger partial charge in [-0.1, -0.05) is 0 Å². The summed E-state index contributed by atoms with van der Waals surface area (Å²) in [5, 5.41) is -0.0706. The average molecular weight is 243 g/mol. The highest BCUT2D eigenvalue weighted by Gasteiger charge is 2.51. The zero-order valence-corrected chi connectivity index (χ0v) is 9.21. The van der Waals surface area contributed by atoms with Crippen molar-refractivity contribution in [2.75, 3.05) is 14.2 Å². The molecule has 0 saturated heterocycles. The average Bonchev–Trinajstić information content (AvgIpc) is 2.15. The van der Waals surface area contributed by atoms with Crippen LogP contribution in [-0.4, -0.2) is 42.9 Å². The minimum Gasteiger partial charge on any atom is -0.467 e. The second-order valence-corrected chi connectivity index (χ2v) is 3.33. The van der Waals surface area contributed by atoms with Crippen LogP contribution in [0, 0.1) is 0 Å². The summed E-state index contributed by atoms with van der Waals surface area (Å²) in [5.41, 5.74) is -1.86. The lowest BCUT2D eigenvalue weighted by Crippen LogP contribution is -2.56. The van der Waals surface area contributed by atoms with Crippen molar-refractivity contribution in [2.24, 2.45) is 0 Å². The molecule has 8 heteroatoms. The molecule has 0 aromatic heterocycles. The Labute approximate surface area is 90.1 Å². The topological polar surface area (TPSA) is 55.8 Å². The van der Waals surface area contributed by atoms with Crippen LogP contribution >= 0.6 is 0 Å². The number of hydrogen-bond donors (Lipinski definition) is 0. The Morgan fingerprint density at radius 1 is 1.12 bits per heavy atom. The van der Waals surface area contributed by atoms with Gasteiger partial charge in [0.05, 0.1) is 14.2 Å². The maximum Gasteiger partial charge on any atom is 0.473 e. The van der Waals surface area contributed by atoms with Crippen molar-refractivity contribution in [3.63, 3.8) is 0 Å². The fourth-order valence-corrected chi connectivity index (χ4v) is 1.01. The predicted octanol–water partition coefficient (Wildman–Crippen LogP) is 0.890. The lowest BCUT2D eigenvalue weighted by Gasteiger charge is -2.33. The van der Waals surface area contributed by atoms with E-state index in [1.165, 1.54) is 0 Å². The molecule has 0 atom stereocenters. The predicted molar refractivity (Wildman–Crippen MR) is 46.0 cm³/mol. The molecule has 94 valence electrons. The van der Waals surface area contributed by atoms with E-state index in [1.807, 2.05) is 0 Å².